The van der Waals surface area contributed by atoms with Crippen LogP contribution in [-0.2, 0) is 12.8 Å². The van der Waals surface area contributed by atoms with Gasteiger partial charge in [-0.2, -0.15) is 0 Å². The molecule has 4 aromatic heterocycles. The number of benzene rings is 6. The van der Waals surface area contributed by atoms with Crippen molar-refractivity contribution in [3.8, 4) is 50.4 Å². The van der Waals surface area contributed by atoms with E-state index < -0.39 is 0 Å². The van der Waals surface area contributed by atoms with Crippen molar-refractivity contribution in [3.05, 3.63) is 145 Å². The molecule has 60 heavy (non-hydrogen) atoms. The molecule has 0 spiro atoms. The molecule has 0 aliphatic rings. The van der Waals surface area contributed by atoms with Crippen LogP contribution in [0.15, 0.2) is 134 Å². The van der Waals surface area contributed by atoms with Gasteiger partial charge in [-0.3, -0.25) is 0 Å². The molecular weight excluding hydrogens is 805 g/mol. The van der Waals surface area contributed by atoms with Crippen molar-refractivity contribution in [2.24, 2.45) is 0 Å². The van der Waals surface area contributed by atoms with E-state index >= 15 is 0 Å². The summed E-state index contributed by atoms with van der Waals surface area (Å²) in [7, 11) is 0. The van der Waals surface area contributed by atoms with Gasteiger partial charge in [-0.05, 0) is 104 Å². The number of fused-ring (bicyclic) bond motifs is 4. The van der Waals surface area contributed by atoms with Crippen molar-refractivity contribution in [1.82, 2.24) is 9.97 Å². The molecule has 0 saturated heterocycles. The van der Waals surface area contributed by atoms with Gasteiger partial charge in [0.2, 0.25) is 0 Å². The Bertz CT molecular complexity index is 2790. The van der Waals surface area contributed by atoms with Crippen molar-refractivity contribution in [1.29, 1.82) is 0 Å². The maximum Gasteiger partial charge on any atom is 0.134 e. The SMILES string of the molecule is CCCCCCc1cc(-c2c3ccccc3cc3ccccc23)sc1-c1ncc(-c2cnc(-c3sc(-c4c5ccccc5cc5ccccc45)cc3CCCCCC)s2)s1. The summed E-state index contributed by atoms with van der Waals surface area (Å²) in [6, 6.07) is 45.1. The molecule has 10 aromatic rings. The fraction of sp³-hybridized carbons (Fsp3) is 0.222. The number of aryl methyl sites for hydroxylation is 2. The molecule has 0 atom stereocenters. The van der Waals surface area contributed by atoms with E-state index in [1.807, 2.05) is 45.3 Å². The third-order valence-corrected chi connectivity index (χ3v) is 16.8. The number of unbranched alkanes of at least 4 members (excludes halogenated alkanes) is 6. The Morgan fingerprint density at radius 3 is 1.12 bits per heavy atom. The number of thiazole rings is 2. The molecule has 4 heterocycles. The summed E-state index contributed by atoms with van der Waals surface area (Å²) in [6.45, 7) is 4.58. The second kappa shape index (κ2) is 17.6. The van der Waals surface area contributed by atoms with Crippen molar-refractivity contribution in [2.75, 3.05) is 0 Å². The van der Waals surface area contributed by atoms with Gasteiger partial charge in [-0.1, -0.05) is 149 Å². The number of hydrogen-bond donors (Lipinski definition) is 0. The van der Waals surface area contributed by atoms with Crippen LogP contribution in [0.3, 0.4) is 0 Å². The smallest absolute Gasteiger partial charge is 0.134 e. The normalized spacial score (nSPS) is 11.8. The lowest BCUT2D eigenvalue weighted by molar-refractivity contribution is 0.668. The van der Waals surface area contributed by atoms with Gasteiger partial charge in [-0.15, -0.1) is 45.3 Å². The molecule has 0 saturated carbocycles. The Balaban J connectivity index is 1.03. The summed E-state index contributed by atoms with van der Waals surface area (Å²) in [6.07, 6.45) is 16.3. The topological polar surface area (TPSA) is 25.8 Å². The molecule has 2 nitrogen and oxygen atoms in total. The van der Waals surface area contributed by atoms with Crippen LogP contribution in [0.4, 0.5) is 0 Å². The van der Waals surface area contributed by atoms with Gasteiger partial charge in [0, 0.05) is 33.3 Å². The van der Waals surface area contributed by atoms with Crippen LogP contribution in [-0.4, -0.2) is 9.97 Å². The molecule has 0 aliphatic carbocycles. The highest BCUT2D eigenvalue weighted by Gasteiger charge is 2.22. The van der Waals surface area contributed by atoms with E-state index in [2.05, 4.69) is 148 Å². The van der Waals surface area contributed by atoms with E-state index in [0.717, 1.165) is 22.9 Å². The predicted molar refractivity (Wildman–Crippen MR) is 266 cm³/mol. The highest BCUT2D eigenvalue weighted by Crippen LogP contribution is 2.49. The van der Waals surface area contributed by atoms with Crippen molar-refractivity contribution in [2.45, 2.75) is 78.1 Å². The summed E-state index contributed by atoms with van der Waals surface area (Å²) >= 11 is 7.49. The Labute approximate surface area is 369 Å². The van der Waals surface area contributed by atoms with E-state index in [1.54, 1.807) is 0 Å². The highest BCUT2D eigenvalue weighted by atomic mass is 32.1. The molecule has 0 N–H and O–H groups in total. The van der Waals surface area contributed by atoms with E-state index in [0.29, 0.717) is 0 Å². The Morgan fingerprint density at radius 2 is 0.750 bits per heavy atom. The zero-order valence-corrected chi connectivity index (χ0v) is 37.6. The average Bonchev–Trinajstić information content (AvgIpc) is 4.12. The highest BCUT2D eigenvalue weighted by molar-refractivity contribution is 7.29. The third kappa shape index (κ3) is 7.64. The van der Waals surface area contributed by atoms with Crippen molar-refractivity contribution in [3.63, 3.8) is 0 Å². The molecule has 10 rings (SSSR count). The molecule has 298 valence electrons. The van der Waals surface area contributed by atoms with Gasteiger partial charge >= 0.3 is 0 Å². The lowest BCUT2D eigenvalue weighted by Crippen LogP contribution is -1.86. The predicted octanol–water partition coefficient (Wildman–Crippen LogP) is 17.9. The monoisotopic (exact) mass is 852 g/mol. The zero-order chi connectivity index (χ0) is 40.4. The fourth-order valence-electron chi connectivity index (χ4n) is 8.87. The van der Waals surface area contributed by atoms with E-state index in [1.165, 1.54) is 146 Å². The van der Waals surface area contributed by atoms with Crippen LogP contribution in [0.2, 0.25) is 0 Å². The Morgan fingerprint density at radius 1 is 0.383 bits per heavy atom. The summed E-state index contributed by atoms with van der Waals surface area (Å²) in [5.74, 6) is 0. The third-order valence-electron chi connectivity index (χ3n) is 11.9. The summed E-state index contributed by atoms with van der Waals surface area (Å²) in [5, 5.41) is 12.6. The molecule has 0 bridgehead atoms. The van der Waals surface area contributed by atoms with Gasteiger partial charge in [0.25, 0.3) is 0 Å². The minimum absolute atomic E-state index is 1.07. The molecule has 6 heteroatoms. The van der Waals surface area contributed by atoms with Gasteiger partial charge < -0.3 is 0 Å². The fourth-order valence-corrected chi connectivity index (χ4v) is 13.6. The van der Waals surface area contributed by atoms with Gasteiger partial charge in [0.05, 0.1) is 19.5 Å². The van der Waals surface area contributed by atoms with Crippen LogP contribution in [0.25, 0.3) is 93.5 Å². The summed E-state index contributed by atoms with van der Waals surface area (Å²) < 4.78 is 0. The molecule has 0 unspecified atom stereocenters. The van der Waals surface area contributed by atoms with Crippen LogP contribution in [0, 0.1) is 0 Å². The number of nitrogens with zero attached hydrogens (tertiary/aromatic N) is 2. The first kappa shape index (κ1) is 39.2. The van der Waals surface area contributed by atoms with E-state index in [4.69, 9.17) is 9.97 Å². The molecular formula is C54H48N2S4. The number of aromatic nitrogens is 2. The quantitative estimate of drug-likeness (QED) is 0.0758. The molecule has 0 aliphatic heterocycles. The Hall–Kier alpha value is -4.98. The van der Waals surface area contributed by atoms with Crippen LogP contribution >= 0.6 is 45.3 Å². The minimum atomic E-state index is 1.07. The van der Waals surface area contributed by atoms with Crippen molar-refractivity contribution >= 4 is 88.4 Å². The maximum atomic E-state index is 5.17. The molecule has 0 radical (unpaired) electrons. The average molecular weight is 853 g/mol. The van der Waals surface area contributed by atoms with Gasteiger partial charge in [0.1, 0.15) is 10.0 Å². The van der Waals surface area contributed by atoms with E-state index in [9.17, 15) is 0 Å². The minimum Gasteiger partial charge on any atom is -0.243 e. The maximum absolute atomic E-state index is 5.17. The first-order valence-corrected chi connectivity index (χ1v) is 24.9. The van der Waals surface area contributed by atoms with Crippen LogP contribution in [0.5, 0.6) is 0 Å². The largest absolute Gasteiger partial charge is 0.243 e. The van der Waals surface area contributed by atoms with Gasteiger partial charge in [-0.25, -0.2) is 9.97 Å². The summed E-state index contributed by atoms with van der Waals surface area (Å²) in [4.78, 5) is 18.0. The molecule has 0 amide bonds. The van der Waals surface area contributed by atoms with Crippen LogP contribution < -0.4 is 0 Å². The number of hydrogen-bond acceptors (Lipinski definition) is 6. The number of rotatable bonds is 15. The first-order valence-electron chi connectivity index (χ1n) is 21.7. The summed E-state index contributed by atoms with van der Waals surface area (Å²) in [5.41, 5.74) is 5.54. The molecule has 0 fully saturated rings. The van der Waals surface area contributed by atoms with Crippen LogP contribution in [0.1, 0.15) is 76.3 Å². The first-order chi connectivity index (χ1) is 29.7. The Kier molecular flexibility index (Phi) is 11.5. The lowest BCUT2D eigenvalue weighted by atomic mass is 9.95. The standard InChI is InChI=1S/C54H48N2S4/c1-3-5-7-9-23-39-31-45(49-41-25-15-11-19-35(41)29-36-20-12-16-26-42(36)49)57-51(39)53-55-33-47(59-53)48-34-56-54(60-48)52-40(24-10-8-6-4-2)32-46(58-52)50-43-27-17-13-21-37(43)30-38-22-14-18-28-44(38)50/h11-22,25-34H,3-10,23-24H2,1-2H3. The van der Waals surface area contributed by atoms with Crippen molar-refractivity contribution < 1.29 is 0 Å². The molecule has 6 aromatic carbocycles. The lowest BCUT2D eigenvalue weighted by Gasteiger charge is -2.10. The van der Waals surface area contributed by atoms with E-state index in [-0.39, 0.29) is 0 Å². The zero-order valence-electron chi connectivity index (χ0n) is 34.3. The number of thiophene rings is 2. The van der Waals surface area contributed by atoms with Gasteiger partial charge in [0.15, 0.2) is 0 Å². The second-order valence-electron chi connectivity index (χ2n) is 16.0. The second-order valence-corrected chi connectivity index (χ2v) is 20.2.